The van der Waals surface area contributed by atoms with Gasteiger partial charge in [0.2, 0.25) is 0 Å². The molecule has 0 aliphatic heterocycles. The van der Waals surface area contributed by atoms with Crippen molar-refractivity contribution in [2.24, 2.45) is 0 Å². The van der Waals surface area contributed by atoms with Crippen molar-refractivity contribution in [3.8, 4) is 0 Å². The lowest BCUT2D eigenvalue weighted by molar-refractivity contribution is 0.477. The summed E-state index contributed by atoms with van der Waals surface area (Å²) in [7, 11) is -3.88. The largest absolute Gasteiger partial charge is 0.310 e. The average molecular weight is 261 g/mol. The zero-order chi connectivity index (χ0) is 12.9. The van der Waals surface area contributed by atoms with Crippen molar-refractivity contribution in [3.05, 3.63) is 35.6 Å². The smallest absolute Gasteiger partial charge is 0.264 e. The van der Waals surface area contributed by atoms with Crippen LogP contribution < -0.4 is 5.32 Å². The van der Waals surface area contributed by atoms with Gasteiger partial charge < -0.3 is 5.32 Å². The highest BCUT2D eigenvalue weighted by molar-refractivity contribution is 7.85. The molecule has 0 radical (unpaired) electrons. The normalized spacial score (nSPS) is 13.6. The molecule has 6 heteroatoms. The van der Waals surface area contributed by atoms with Gasteiger partial charge in [0, 0.05) is 6.04 Å². The fraction of sp³-hybridized carbons (Fsp3) is 0.455. The Labute approximate surface area is 101 Å². The third-order valence-electron chi connectivity index (χ3n) is 2.40. The highest BCUT2D eigenvalue weighted by Gasteiger charge is 2.06. The molecule has 0 saturated heterocycles. The van der Waals surface area contributed by atoms with Crippen molar-refractivity contribution in [2.75, 3.05) is 12.3 Å². The van der Waals surface area contributed by atoms with Gasteiger partial charge in [-0.25, -0.2) is 4.39 Å². The number of hydrogen-bond acceptors (Lipinski definition) is 3. The van der Waals surface area contributed by atoms with E-state index in [0.717, 1.165) is 5.56 Å². The van der Waals surface area contributed by atoms with Crippen LogP contribution in [-0.2, 0) is 10.1 Å². The molecule has 0 unspecified atom stereocenters. The van der Waals surface area contributed by atoms with Crippen LogP contribution in [-0.4, -0.2) is 25.3 Å². The van der Waals surface area contributed by atoms with Gasteiger partial charge in [0.05, 0.1) is 5.75 Å². The van der Waals surface area contributed by atoms with E-state index >= 15 is 0 Å². The molecule has 1 aromatic rings. The van der Waals surface area contributed by atoms with Crippen LogP contribution >= 0.6 is 0 Å². The van der Waals surface area contributed by atoms with Crippen LogP contribution in [0.1, 0.15) is 24.9 Å². The molecule has 1 aromatic carbocycles. The molecular weight excluding hydrogens is 245 g/mol. The standard InChI is InChI=1S/C11H16FNO3S/c1-9(10-3-5-11(12)6-4-10)13-7-2-8-17(14,15)16/h3-6,9,13H,2,7-8H2,1H3,(H,14,15,16)/t9-/m1/s1. The van der Waals surface area contributed by atoms with E-state index in [2.05, 4.69) is 5.32 Å². The minimum Gasteiger partial charge on any atom is -0.310 e. The van der Waals surface area contributed by atoms with Crippen LogP contribution in [0, 0.1) is 5.82 Å². The van der Waals surface area contributed by atoms with E-state index in [1.807, 2.05) is 6.92 Å². The fourth-order valence-electron chi connectivity index (χ4n) is 1.44. The lowest BCUT2D eigenvalue weighted by Crippen LogP contribution is -2.21. The molecule has 0 aliphatic carbocycles. The summed E-state index contributed by atoms with van der Waals surface area (Å²) < 4.78 is 42.1. The first-order valence-corrected chi connectivity index (χ1v) is 6.93. The first-order chi connectivity index (χ1) is 7.88. The Balaban J connectivity index is 2.35. The summed E-state index contributed by atoms with van der Waals surface area (Å²) in [6.07, 6.45) is 0.338. The van der Waals surface area contributed by atoms with Gasteiger partial charge in [0.25, 0.3) is 10.1 Å². The summed E-state index contributed by atoms with van der Waals surface area (Å²) in [6, 6.07) is 6.13. The average Bonchev–Trinajstić information content (AvgIpc) is 2.24. The van der Waals surface area contributed by atoms with Crippen LogP contribution in [0.25, 0.3) is 0 Å². The third-order valence-corrected chi connectivity index (χ3v) is 3.20. The molecule has 17 heavy (non-hydrogen) atoms. The minimum absolute atomic E-state index is 0.0111. The molecule has 1 rings (SSSR count). The van der Waals surface area contributed by atoms with Gasteiger partial charge in [-0.1, -0.05) is 12.1 Å². The number of nitrogens with one attached hydrogen (secondary N) is 1. The zero-order valence-electron chi connectivity index (χ0n) is 9.56. The van der Waals surface area contributed by atoms with E-state index < -0.39 is 10.1 Å². The van der Waals surface area contributed by atoms with Crippen molar-refractivity contribution in [1.82, 2.24) is 5.32 Å². The second kappa shape index (κ2) is 6.09. The maximum atomic E-state index is 12.7. The van der Waals surface area contributed by atoms with E-state index in [0.29, 0.717) is 13.0 Å². The molecule has 1 atom stereocenters. The van der Waals surface area contributed by atoms with Gasteiger partial charge in [-0.05, 0) is 37.6 Å². The molecule has 4 nitrogen and oxygen atoms in total. The Morgan fingerprint density at radius 2 is 1.94 bits per heavy atom. The van der Waals surface area contributed by atoms with Crippen molar-refractivity contribution in [1.29, 1.82) is 0 Å². The van der Waals surface area contributed by atoms with Gasteiger partial charge >= 0.3 is 0 Å². The molecule has 0 bridgehead atoms. The molecule has 0 saturated carbocycles. The van der Waals surface area contributed by atoms with E-state index in [-0.39, 0.29) is 17.6 Å². The van der Waals surface area contributed by atoms with Crippen LogP contribution in [0.5, 0.6) is 0 Å². The SMILES string of the molecule is C[C@@H](NCCCS(=O)(=O)O)c1ccc(F)cc1. The lowest BCUT2D eigenvalue weighted by atomic mass is 10.1. The summed E-state index contributed by atoms with van der Waals surface area (Å²) in [5, 5.41) is 3.09. The van der Waals surface area contributed by atoms with Crippen LogP contribution in [0.2, 0.25) is 0 Å². The summed E-state index contributed by atoms with van der Waals surface area (Å²) in [5.74, 6) is -0.539. The van der Waals surface area contributed by atoms with Gasteiger partial charge in [0.1, 0.15) is 5.82 Å². The fourth-order valence-corrected chi connectivity index (χ4v) is 1.95. The maximum absolute atomic E-state index is 12.7. The zero-order valence-corrected chi connectivity index (χ0v) is 10.4. The Kier molecular flexibility index (Phi) is 5.04. The quantitative estimate of drug-likeness (QED) is 0.605. The Morgan fingerprint density at radius 3 is 2.47 bits per heavy atom. The monoisotopic (exact) mass is 261 g/mol. The van der Waals surface area contributed by atoms with E-state index in [1.165, 1.54) is 12.1 Å². The van der Waals surface area contributed by atoms with Crippen molar-refractivity contribution < 1.29 is 17.4 Å². The number of rotatable bonds is 6. The Hall–Kier alpha value is -0.980. The van der Waals surface area contributed by atoms with Crippen molar-refractivity contribution in [3.63, 3.8) is 0 Å². The molecular formula is C11H16FNO3S. The number of halogens is 1. The van der Waals surface area contributed by atoms with Crippen LogP contribution in [0.4, 0.5) is 4.39 Å². The van der Waals surface area contributed by atoms with E-state index in [4.69, 9.17) is 4.55 Å². The van der Waals surface area contributed by atoms with Crippen LogP contribution in [0.3, 0.4) is 0 Å². The van der Waals surface area contributed by atoms with Crippen molar-refractivity contribution in [2.45, 2.75) is 19.4 Å². The second-order valence-electron chi connectivity index (χ2n) is 3.87. The molecule has 96 valence electrons. The number of hydrogen-bond donors (Lipinski definition) is 2. The number of benzene rings is 1. The van der Waals surface area contributed by atoms with Crippen LogP contribution in [0.15, 0.2) is 24.3 Å². The Bertz CT molecular complexity index is 444. The predicted octanol–water partition coefficient (Wildman–Crippen LogP) is 1.75. The molecule has 0 spiro atoms. The molecule has 0 amide bonds. The summed E-state index contributed by atoms with van der Waals surface area (Å²) in [4.78, 5) is 0. The van der Waals surface area contributed by atoms with Gasteiger partial charge in [-0.2, -0.15) is 8.42 Å². The maximum Gasteiger partial charge on any atom is 0.264 e. The predicted molar refractivity (Wildman–Crippen MR) is 63.9 cm³/mol. The minimum atomic E-state index is -3.88. The van der Waals surface area contributed by atoms with E-state index in [1.54, 1.807) is 12.1 Å². The van der Waals surface area contributed by atoms with Crippen molar-refractivity contribution >= 4 is 10.1 Å². The molecule has 0 fully saturated rings. The molecule has 0 heterocycles. The van der Waals surface area contributed by atoms with E-state index in [9.17, 15) is 12.8 Å². The first-order valence-electron chi connectivity index (χ1n) is 5.32. The summed E-state index contributed by atoms with van der Waals surface area (Å²) in [6.45, 7) is 2.37. The lowest BCUT2D eigenvalue weighted by Gasteiger charge is -2.13. The molecule has 2 N–H and O–H groups in total. The first kappa shape index (κ1) is 14.1. The van der Waals surface area contributed by atoms with Gasteiger partial charge in [0.15, 0.2) is 0 Å². The molecule has 0 aliphatic rings. The highest BCUT2D eigenvalue weighted by atomic mass is 32.2. The molecule has 0 aromatic heterocycles. The summed E-state index contributed by atoms with van der Waals surface area (Å²) in [5.41, 5.74) is 0.929. The third kappa shape index (κ3) is 5.76. The topological polar surface area (TPSA) is 66.4 Å². The second-order valence-corrected chi connectivity index (χ2v) is 5.44. The highest BCUT2D eigenvalue weighted by Crippen LogP contribution is 2.12. The summed E-state index contributed by atoms with van der Waals surface area (Å²) >= 11 is 0. The van der Waals surface area contributed by atoms with Gasteiger partial charge in [-0.3, -0.25) is 4.55 Å². The Morgan fingerprint density at radius 1 is 1.35 bits per heavy atom. The van der Waals surface area contributed by atoms with Gasteiger partial charge in [-0.15, -0.1) is 0 Å².